The van der Waals surface area contributed by atoms with Crippen LogP contribution >= 0.6 is 34.2 Å². The van der Waals surface area contributed by atoms with E-state index in [0.717, 1.165) is 9.26 Å². The highest BCUT2D eigenvalue weighted by Gasteiger charge is 2.21. The van der Waals surface area contributed by atoms with Crippen molar-refractivity contribution in [1.82, 2.24) is 0 Å². The van der Waals surface area contributed by atoms with Crippen molar-refractivity contribution in [2.75, 3.05) is 12.4 Å². The molecule has 0 saturated heterocycles. The van der Waals surface area contributed by atoms with Crippen molar-refractivity contribution < 1.29 is 9.53 Å². The molecule has 5 heteroatoms. The first kappa shape index (κ1) is 14.6. The third-order valence-electron chi connectivity index (χ3n) is 2.64. The van der Waals surface area contributed by atoms with E-state index < -0.39 is 0 Å². The quantitative estimate of drug-likeness (QED) is 0.653. The topological polar surface area (TPSA) is 38.3 Å². The summed E-state index contributed by atoms with van der Waals surface area (Å²) in [6, 6.07) is 5.60. The van der Waals surface area contributed by atoms with E-state index in [9.17, 15) is 4.79 Å². The van der Waals surface area contributed by atoms with Crippen molar-refractivity contribution in [3.8, 4) is 0 Å². The Morgan fingerprint density at radius 1 is 1.47 bits per heavy atom. The maximum absolute atomic E-state index is 11.4. The van der Waals surface area contributed by atoms with Crippen molar-refractivity contribution in [3.05, 3.63) is 26.8 Å². The number of ether oxygens (including phenoxy) is 1. The molecule has 0 bridgehead atoms. The van der Waals surface area contributed by atoms with Crippen molar-refractivity contribution in [3.63, 3.8) is 0 Å². The standard InChI is InChI=1S/C12H15ClINO2/c1-7(12(16)17-3)8(2)15-11-5-4-9(13)6-10(11)14/h4-8,15H,1-3H3. The van der Waals surface area contributed by atoms with Gasteiger partial charge in [0.2, 0.25) is 0 Å². The van der Waals surface area contributed by atoms with Crippen LogP contribution in [-0.2, 0) is 9.53 Å². The summed E-state index contributed by atoms with van der Waals surface area (Å²) >= 11 is 8.09. The molecule has 2 unspecified atom stereocenters. The molecule has 0 amide bonds. The number of carbonyl (C=O) groups is 1. The van der Waals surface area contributed by atoms with Crippen LogP contribution in [0, 0.1) is 9.49 Å². The molecule has 0 heterocycles. The van der Waals surface area contributed by atoms with Gasteiger partial charge >= 0.3 is 5.97 Å². The molecule has 0 aliphatic carbocycles. The van der Waals surface area contributed by atoms with E-state index in [0.29, 0.717) is 5.02 Å². The van der Waals surface area contributed by atoms with Crippen molar-refractivity contribution in [2.45, 2.75) is 19.9 Å². The fourth-order valence-corrected chi connectivity index (χ4v) is 2.39. The summed E-state index contributed by atoms with van der Waals surface area (Å²) in [4.78, 5) is 11.4. The summed E-state index contributed by atoms with van der Waals surface area (Å²) in [6.07, 6.45) is 0. The van der Waals surface area contributed by atoms with Crippen LogP contribution in [0.5, 0.6) is 0 Å². The zero-order chi connectivity index (χ0) is 13.0. The molecule has 0 saturated carbocycles. The van der Waals surface area contributed by atoms with E-state index >= 15 is 0 Å². The first-order valence-corrected chi connectivity index (χ1v) is 6.70. The summed E-state index contributed by atoms with van der Waals surface area (Å²) in [5.41, 5.74) is 0.971. The van der Waals surface area contributed by atoms with Gasteiger partial charge in [0.15, 0.2) is 0 Å². The average Bonchev–Trinajstić information content (AvgIpc) is 2.30. The summed E-state index contributed by atoms with van der Waals surface area (Å²) < 4.78 is 5.75. The first-order chi connectivity index (χ1) is 7.95. The Balaban J connectivity index is 2.74. The van der Waals surface area contributed by atoms with Gasteiger partial charge in [-0.15, -0.1) is 0 Å². The average molecular weight is 368 g/mol. The SMILES string of the molecule is COC(=O)C(C)C(C)Nc1ccc(Cl)cc1I. The first-order valence-electron chi connectivity index (χ1n) is 5.25. The number of methoxy groups -OCH3 is 1. The van der Waals surface area contributed by atoms with Crippen molar-refractivity contribution in [2.24, 2.45) is 5.92 Å². The highest BCUT2D eigenvalue weighted by Crippen LogP contribution is 2.24. The maximum atomic E-state index is 11.4. The van der Waals surface area contributed by atoms with Crippen LogP contribution in [0.1, 0.15) is 13.8 Å². The molecule has 17 heavy (non-hydrogen) atoms. The molecule has 0 aliphatic rings. The number of nitrogens with one attached hydrogen (secondary N) is 1. The number of esters is 1. The van der Waals surface area contributed by atoms with Crippen LogP contribution in [-0.4, -0.2) is 19.1 Å². The Labute approximate surface area is 120 Å². The van der Waals surface area contributed by atoms with Crippen molar-refractivity contribution >= 4 is 45.8 Å². The van der Waals surface area contributed by atoms with E-state index in [1.807, 2.05) is 32.0 Å². The fraction of sp³-hybridized carbons (Fsp3) is 0.417. The Morgan fingerprint density at radius 2 is 2.12 bits per heavy atom. The molecular formula is C12H15ClINO2. The fourth-order valence-electron chi connectivity index (χ4n) is 1.37. The monoisotopic (exact) mass is 367 g/mol. The number of rotatable bonds is 4. The van der Waals surface area contributed by atoms with Crippen LogP contribution in [0.2, 0.25) is 5.02 Å². The minimum Gasteiger partial charge on any atom is -0.469 e. The summed E-state index contributed by atoms with van der Waals surface area (Å²) in [5, 5.41) is 3.99. The number of hydrogen-bond acceptors (Lipinski definition) is 3. The van der Waals surface area contributed by atoms with Crippen LogP contribution in [0.4, 0.5) is 5.69 Å². The van der Waals surface area contributed by atoms with Gasteiger partial charge < -0.3 is 10.1 Å². The lowest BCUT2D eigenvalue weighted by Crippen LogP contribution is -2.30. The highest BCUT2D eigenvalue weighted by molar-refractivity contribution is 14.1. The van der Waals surface area contributed by atoms with Crippen LogP contribution in [0.25, 0.3) is 0 Å². The summed E-state index contributed by atoms with van der Waals surface area (Å²) in [5.74, 6) is -0.416. The lowest BCUT2D eigenvalue weighted by molar-refractivity contribution is -0.145. The minimum absolute atomic E-state index is 0.00265. The molecule has 3 nitrogen and oxygen atoms in total. The van der Waals surface area contributed by atoms with E-state index in [2.05, 4.69) is 27.9 Å². The van der Waals surface area contributed by atoms with Gasteiger partial charge in [0.05, 0.1) is 13.0 Å². The summed E-state index contributed by atoms with van der Waals surface area (Å²) in [6.45, 7) is 3.79. The van der Waals surface area contributed by atoms with E-state index in [-0.39, 0.29) is 17.9 Å². The molecule has 2 atom stereocenters. The molecule has 0 radical (unpaired) electrons. The molecule has 1 N–H and O–H groups in total. The maximum Gasteiger partial charge on any atom is 0.310 e. The zero-order valence-corrected chi connectivity index (χ0v) is 12.9. The Morgan fingerprint density at radius 3 is 2.65 bits per heavy atom. The number of hydrogen-bond donors (Lipinski definition) is 1. The van der Waals surface area contributed by atoms with Crippen LogP contribution < -0.4 is 5.32 Å². The third kappa shape index (κ3) is 4.03. The third-order valence-corrected chi connectivity index (χ3v) is 3.76. The Kier molecular flexibility index (Phi) is 5.52. The second-order valence-electron chi connectivity index (χ2n) is 3.87. The largest absolute Gasteiger partial charge is 0.469 e. The predicted molar refractivity (Wildman–Crippen MR) is 78.4 cm³/mol. The predicted octanol–water partition coefficient (Wildman–Crippen LogP) is 3.55. The molecule has 1 aromatic carbocycles. The minimum atomic E-state index is -0.214. The van der Waals surface area contributed by atoms with Gasteiger partial charge in [-0.25, -0.2) is 0 Å². The molecule has 1 aromatic rings. The van der Waals surface area contributed by atoms with Gasteiger partial charge in [0.1, 0.15) is 0 Å². The molecule has 0 fully saturated rings. The van der Waals surface area contributed by atoms with E-state index in [1.165, 1.54) is 7.11 Å². The zero-order valence-electron chi connectivity index (χ0n) is 9.96. The number of carbonyl (C=O) groups excluding carboxylic acids is 1. The number of halogens is 2. The van der Waals surface area contributed by atoms with Gasteiger partial charge in [0.25, 0.3) is 0 Å². The lowest BCUT2D eigenvalue weighted by atomic mass is 10.0. The van der Waals surface area contributed by atoms with E-state index in [1.54, 1.807) is 0 Å². The highest BCUT2D eigenvalue weighted by atomic mass is 127. The molecule has 0 aromatic heterocycles. The van der Waals surface area contributed by atoms with E-state index in [4.69, 9.17) is 16.3 Å². The van der Waals surface area contributed by atoms with Gasteiger partial charge in [-0.3, -0.25) is 4.79 Å². The molecule has 94 valence electrons. The van der Waals surface area contributed by atoms with Crippen LogP contribution in [0.15, 0.2) is 18.2 Å². The Hall–Kier alpha value is -0.490. The van der Waals surface area contributed by atoms with Crippen LogP contribution in [0.3, 0.4) is 0 Å². The van der Waals surface area contributed by atoms with Gasteiger partial charge in [-0.2, -0.15) is 0 Å². The summed E-state index contributed by atoms with van der Waals surface area (Å²) in [7, 11) is 1.40. The molecule has 1 rings (SSSR count). The second-order valence-corrected chi connectivity index (χ2v) is 5.47. The van der Waals surface area contributed by atoms with Crippen molar-refractivity contribution in [1.29, 1.82) is 0 Å². The Bertz CT molecular complexity index is 411. The number of benzene rings is 1. The smallest absolute Gasteiger partial charge is 0.310 e. The number of anilines is 1. The van der Waals surface area contributed by atoms with Gasteiger partial charge in [0, 0.05) is 20.3 Å². The molecular weight excluding hydrogens is 352 g/mol. The van der Waals surface area contributed by atoms with Gasteiger partial charge in [-0.05, 0) is 54.6 Å². The normalized spacial score (nSPS) is 13.9. The lowest BCUT2D eigenvalue weighted by Gasteiger charge is -2.21. The molecule has 0 aliphatic heterocycles. The second kappa shape index (κ2) is 6.44. The molecule has 0 spiro atoms. The van der Waals surface area contributed by atoms with Gasteiger partial charge in [-0.1, -0.05) is 11.6 Å².